The first kappa shape index (κ1) is 17.9. The van der Waals surface area contributed by atoms with Gasteiger partial charge in [0.2, 0.25) is 0 Å². The molecule has 2 N–H and O–H groups in total. The summed E-state index contributed by atoms with van der Waals surface area (Å²) in [5.74, 6) is 1.62. The summed E-state index contributed by atoms with van der Waals surface area (Å²) in [4.78, 5) is 8.30. The van der Waals surface area contributed by atoms with Crippen LogP contribution in [-0.4, -0.2) is 42.7 Å². The summed E-state index contributed by atoms with van der Waals surface area (Å²) < 4.78 is 5.31. The second kappa shape index (κ2) is 9.01. The first-order chi connectivity index (χ1) is 12.3. The summed E-state index contributed by atoms with van der Waals surface area (Å²) in [6.45, 7) is 5.84. The molecule has 1 atom stereocenters. The van der Waals surface area contributed by atoms with E-state index in [2.05, 4.69) is 50.1 Å². The summed E-state index contributed by atoms with van der Waals surface area (Å²) in [6, 6.07) is 6.74. The number of hydrogen-bond acceptors (Lipinski definition) is 5. The van der Waals surface area contributed by atoms with Crippen molar-refractivity contribution in [1.29, 1.82) is 0 Å². The fraction of sp³-hybridized carbons (Fsp3) is 0.556. The number of aryl methyl sites for hydroxylation is 1. The van der Waals surface area contributed by atoms with Crippen molar-refractivity contribution in [2.24, 2.45) is 4.99 Å². The van der Waals surface area contributed by atoms with Crippen LogP contribution in [0.5, 0.6) is 0 Å². The molecule has 2 aromatic rings. The van der Waals surface area contributed by atoms with E-state index >= 15 is 0 Å². The van der Waals surface area contributed by atoms with E-state index in [9.17, 15) is 0 Å². The number of guanidine groups is 1. The molecule has 0 aliphatic carbocycles. The van der Waals surface area contributed by atoms with E-state index < -0.39 is 0 Å². The highest BCUT2D eigenvalue weighted by Gasteiger charge is 2.24. The maximum absolute atomic E-state index is 5.31. The van der Waals surface area contributed by atoms with Gasteiger partial charge in [-0.05, 0) is 43.8 Å². The Hall–Kier alpha value is -1.86. The van der Waals surface area contributed by atoms with Crippen LogP contribution in [0, 0.1) is 0 Å². The lowest BCUT2D eigenvalue weighted by Gasteiger charge is -2.27. The summed E-state index contributed by atoms with van der Waals surface area (Å²) in [5, 5.41) is 12.9. The van der Waals surface area contributed by atoms with Crippen molar-refractivity contribution in [3.8, 4) is 0 Å². The van der Waals surface area contributed by atoms with Gasteiger partial charge in [0, 0.05) is 24.5 Å². The van der Waals surface area contributed by atoms with Crippen molar-refractivity contribution < 1.29 is 4.52 Å². The molecule has 136 valence electrons. The molecule has 0 saturated carbocycles. The minimum atomic E-state index is 0.401. The maximum atomic E-state index is 5.31. The highest BCUT2D eigenvalue weighted by Crippen LogP contribution is 2.27. The number of likely N-dealkylation sites (tertiary alicyclic amines) is 1. The molecule has 1 unspecified atom stereocenters. The zero-order valence-electron chi connectivity index (χ0n) is 15.0. The first-order valence-electron chi connectivity index (χ1n) is 8.96. The van der Waals surface area contributed by atoms with Crippen LogP contribution < -0.4 is 10.6 Å². The molecule has 2 aromatic heterocycles. The van der Waals surface area contributed by atoms with Crippen LogP contribution in [0.3, 0.4) is 0 Å². The number of nitrogens with one attached hydrogen (secondary N) is 2. The SMILES string of the molecule is CCc1cc(CNC(=NC)NCC(c2cccs2)N2CCCC2)on1. The Morgan fingerprint density at radius 2 is 2.24 bits per heavy atom. The fourth-order valence-electron chi connectivity index (χ4n) is 3.13. The average molecular weight is 362 g/mol. The molecule has 1 aliphatic heterocycles. The Balaban J connectivity index is 1.54. The zero-order chi connectivity index (χ0) is 17.5. The monoisotopic (exact) mass is 361 g/mol. The van der Waals surface area contributed by atoms with E-state index in [0.717, 1.165) is 30.4 Å². The lowest BCUT2D eigenvalue weighted by molar-refractivity contribution is 0.249. The third kappa shape index (κ3) is 4.83. The van der Waals surface area contributed by atoms with Gasteiger partial charge < -0.3 is 15.2 Å². The topological polar surface area (TPSA) is 65.7 Å². The molecule has 25 heavy (non-hydrogen) atoms. The summed E-state index contributed by atoms with van der Waals surface area (Å²) in [5.41, 5.74) is 0.978. The standard InChI is InChI=1S/C18H27N5OS/c1-3-14-11-15(24-22-14)12-20-18(19-2)21-13-16(17-7-6-10-25-17)23-8-4-5-9-23/h6-7,10-11,16H,3-5,8-9,12-13H2,1-2H3,(H2,19,20,21). The predicted octanol–water partition coefficient (Wildman–Crippen LogP) is 2.80. The van der Waals surface area contributed by atoms with E-state index in [-0.39, 0.29) is 0 Å². The van der Waals surface area contributed by atoms with Crippen LogP contribution in [-0.2, 0) is 13.0 Å². The minimum absolute atomic E-state index is 0.401. The summed E-state index contributed by atoms with van der Waals surface area (Å²) in [6.07, 6.45) is 3.47. The number of hydrogen-bond donors (Lipinski definition) is 2. The van der Waals surface area contributed by atoms with Crippen molar-refractivity contribution in [3.63, 3.8) is 0 Å². The van der Waals surface area contributed by atoms with E-state index in [1.807, 2.05) is 17.4 Å². The lowest BCUT2D eigenvalue weighted by Crippen LogP contribution is -2.42. The van der Waals surface area contributed by atoms with E-state index in [4.69, 9.17) is 4.52 Å². The fourth-order valence-corrected chi connectivity index (χ4v) is 4.00. The van der Waals surface area contributed by atoms with Crippen molar-refractivity contribution in [1.82, 2.24) is 20.7 Å². The van der Waals surface area contributed by atoms with Crippen LogP contribution in [0.1, 0.15) is 42.1 Å². The molecular formula is C18H27N5OS. The maximum Gasteiger partial charge on any atom is 0.191 e. The number of aromatic nitrogens is 1. The van der Waals surface area contributed by atoms with Crippen LogP contribution in [0.4, 0.5) is 0 Å². The molecule has 1 saturated heterocycles. The van der Waals surface area contributed by atoms with E-state index in [1.165, 1.54) is 30.8 Å². The zero-order valence-corrected chi connectivity index (χ0v) is 15.8. The highest BCUT2D eigenvalue weighted by atomic mass is 32.1. The Bertz CT molecular complexity index is 661. The summed E-state index contributed by atoms with van der Waals surface area (Å²) in [7, 11) is 1.79. The van der Waals surface area contributed by atoms with Gasteiger partial charge in [-0.1, -0.05) is 18.1 Å². The molecule has 1 aliphatic rings. The van der Waals surface area contributed by atoms with Crippen molar-refractivity contribution in [2.75, 3.05) is 26.7 Å². The normalized spacial score (nSPS) is 17.0. The van der Waals surface area contributed by atoms with E-state index in [0.29, 0.717) is 12.6 Å². The minimum Gasteiger partial charge on any atom is -0.359 e. The number of nitrogens with zero attached hydrogens (tertiary/aromatic N) is 3. The smallest absolute Gasteiger partial charge is 0.191 e. The molecule has 7 heteroatoms. The largest absolute Gasteiger partial charge is 0.359 e. The van der Waals surface area contributed by atoms with Gasteiger partial charge in [-0.3, -0.25) is 9.89 Å². The molecule has 6 nitrogen and oxygen atoms in total. The molecule has 0 bridgehead atoms. The quantitative estimate of drug-likeness (QED) is 0.586. The van der Waals surface area contributed by atoms with Gasteiger partial charge in [-0.2, -0.15) is 0 Å². The Morgan fingerprint density at radius 1 is 1.40 bits per heavy atom. The van der Waals surface area contributed by atoms with Gasteiger partial charge >= 0.3 is 0 Å². The number of rotatable bonds is 7. The molecule has 0 radical (unpaired) electrons. The molecule has 0 spiro atoms. The van der Waals surface area contributed by atoms with Crippen molar-refractivity contribution in [2.45, 2.75) is 38.8 Å². The van der Waals surface area contributed by atoms with Crippen LogP contribution in [0.15, 0.2) is 33.1 Å². The van der Waals surface area contributed by atoms with Gasteiger partial charge in [0.25, 0.3) is 0 Å². The first-order valence-corrected chi connectivity index (χ1v) is 9.84. The van der Waals surface area contributed by atoms with Crippen LogP contribution in [0.2, 0.25) is 0 Å². The molecule has 3 rings (SSSR count). The van der Waals surface area contributed by atoms with Crippen molar-refractivity contribution in [3.05, 3.63) is 39.9 Å². The third-order valence-electron chi connectivity index (χ3n) is 4.54. The highest BCUT2D eigenvalue weighted by molar-refractivity contribution is 7.10. The summed E-state index contributed by atoms with van der Waals surface area (Å²) >= 11 is 1.83. The van der Waals surface area contributed by atoms with Gasteiger partial charge in [0.15, 0.2) is 11.7 Å². The van der Waals surface area contributed by atoms with E-state index in [1.54, 1.807) is 7.05 Å². The Labute approximate surface area is 153 Å². The van der Waals surface area contributed by atoms with Crippen molar-refractivity contribution >= 4 is 17.3 Å². The lowest BCUT2D eigenvalue weighted by atomic mass is 10.2. The predicted molar refractivity (Wildman–Crippen MR) is 102 cm³/mol. The van der Waals surface area contributed by atoms with Crippen LogP contribution >= 0.6 is 11.3 Å². The number of thiophene rings is 1. The van der Waals surface area contributed by atoms with Gasteiger partial charge in [0.05, 0.1) is 18.3 Å². The van der Waals surface area contributed by atoms with Gasteiger partial charge in [0.1, 0.15) is 0 Å². The van der Waals surface area contributed by atoms with Gasteiger partial charge in [-0.15, -0.1) is 11.3 Å². The third-order valence-corrected chi connectivity index (χ3v) is 5.51. The van der Waals surface area contributed by atoms with Gasteiger partial charge in [-0.25, -0.2) is 0 Å². The second-order valence-corrected chi connectivity index (χ2v) is 7.20. The second-order valence-electron chi connectivity index (χ2n) is 6.22. The Morgan fingerprint density at radius 3 is 2.88 bits per heavy atom. The molecule has 0 amide bonds. The molecule has 3 heterocycles. The molecule has 1 fully saturated rings. The average Bonchev–Trinajstić information content (AvgIpc) is 3.40. The number of aliphatic imine (C=N–C) groups is 1. The molecular weight excluding hydrogens is 334 g/mol. The molecule has 0 aromatic carbocycles. The van der Waals surface area contributed by atoms with Crippen LogP contribution in [0.25, 0.3) is 0 Å². The Kier molecular flexibility index (Phi) is 6.47.